The molecule has 0 saturated carbocycles. The van der Waals surface area contributed by atoms with Crippen molar-refractivity contribution in [1.29, 1.82) is 0 Å². The van der Waals surface area contributed by atoms with Crippen LogP contribution in [0.15, 0.2) is 48.8 Å². The first-order chi connectivity index (χ1) is 10.2. The molecular weight excluding hydrogens is 258 g/mol. The molecule has 0 bridgehead atoms. The number of benzene rings is 2. The molecule has 0 amide bonds. The van der Waals surface area contributed by atoms with E-state index in [0.29, 0.717) is 0 Å². The number of imidazole rings is 1. The van der Waals surface area contributed by atoms with E-state index in [-0.39, 0.29) is 6.04 Å². The van der Waals surface area contributed by atoms with Gasteiger partial charge in [-0.2, -0.15) is 0 Å². The summed E-state index contributed by atoms with van der Waals surface area (Å²) < 4.78 is 2.16. The number of hydrogen-bond acceptors (Lipinski definition) is 2. The maximum atomic E-state index is 6.17. The molecule has 0 spiro atoms. The zero-order valence-electron chi connectivity index (χ0n) is 12.6. The number of hydrogen-bond donors (Lipinski definition) is 1. The Morgan fingerprint density at radius 2 is 2.00 bits per heavy atom. The van der Waals surface area contributed by atoms with Gasteiger partial charge in [0.1, 0.15) is 6.33 Å². The number of aromatic nitrogens is 2. The third-order valence-corrected chi connectivity index (χ3v) is 3.95. The van der Waals surface area contributed by atoms with E-state index in [2.05, 4.69) is 47.7 Å². The summed E-state index contributed by atoms with van der Waals surface area (Å²) in [5.74, 6) is 0. The van der Waals surface area contributed by atoms with Gasteiger partial charge in [-0.25, -0.2) is 4.98 Å². The first-order valence-electron chi connectivity index (χ1n) is 7.46. The molecule has 108 valence electrons. The Morgan fingerprint density at radius 1 is 1.19 bits per heavy atom. The summed E-state index contributed by atoms with van der Waals surface area (Å²) in [5.41, 5.74) is 12.0. The van der Waals surface area contributed by atoms with E-state index in [9.17, 15) is 0 Å². The molecule has 1 aromatic heterocycles. The van der Waals surface area contributed by atoms with Gasteiger partial charge in [0.15, 0.2) is 0 Å². The Hall–Kier alpha value is -2.13. The SMILES string of the molecule is CCC(N)Cc1cc(C)ccc1-n1cnc2ccccc21. The molecule has 0 aliphatic carbocycles. The van der Waals surface area contributed by atoms with Gasteiger partial charge in [0, 0.05) is 6.04 Å². The first kappa shape index (κ1) is 13.8. The molecule has 2 aromatic carbocycles. The maximum absolute atomic E-state index is 6.17. The second-order valence-electron chi connectivity index (χ2n) is 5.61. The summed E-state index contributed by atoms with van der Waals surface area (Å²) in [6.45, 7) is 4.25. The van der Waals surface area contributed by atoms with Crippen molar-refractivity contribution in [3.05, 3.63) is 59.9 Å². The van der Waals surface area contributed by atoms with Crippen molar-refractivity contribution < 1.29 is 0 Å². The van der Waals surface area contributed by atoms with E-state index >= 15 is 0 Å². The predicted octanol–water partition coefficient (Wildman–Crippen LogP) is 3.61. The molecular formula is C18H21N3. The van der Waals surface area contributed by atoms with E-state index < -0.39 is 0 Å². The van der Waals surface area contributed by atoms with E-state index in [0.717, 1.165) is 23.9 Å². The molecule has 1 unspecified atom stereocenters. The molecule has 0 saturated heterocycles. The monoisotopic (exact) mass is 279 g/mol. The largest absolute Gasteiger partial charge is 0.327 e. The van der Waals surface area contributed by atoms with Crippen LogP contribution in [0.1, 0.15) is 24.5 Å². The quantitative estimate of drug-likeness (QED) is 0.792. The van der Waals surface area contributed by atoms with Crippen molar-refractivity contribution in [1.82, 2.24) is 9.55 Å². The highest BCUT2D eigenvalue weighted by Gasteiger charge is 2.11. The molecule has 21 heavy (non-hydrogen) atoms. The number of nitrogens with zero attached hydrogens (tertiary/aromatic N) is 2. The topological polar surface area (TPSA) is 43.8 Å². The summed E-state index contributed by atoms with van der Waals surface area (Å²) in [4.78, 5) is 4.49. The highest BCUT2D eigenvalue weighted by atomic mass is 15.0. The smallest absolute Gasteiger partial charge is 0.100 e. The molecule has 3 nitrogen and oxygen atoms in total. The minimum atomic E-state index is 0.195. The molecule has 3 heteroatoms. The minimum Gasteiger partial charge on any atom is -0.327 e. The lowest BCUT2D eigenvalue weighted by atomic mass is 10.0. The Morgan fingerprint density at radius 3 is 2.81 bits per heavy atom. The van der Waals surface area contributed by atoms with Crippen LogP contribution in [-0.4, -0.2) is 15.6 Å². The average molecular weight is 279 g/mol. The van der Waals surface area contributed by atoms with Crippen molar-refractivity contribution in [2.75, 3.05) is 0 Å². The lowest BCUT2D eigenvalue weighted by molar-refractivity contribution is 0.644. The fourth-order valence-corrected chi connectivity index (χ4v) is 2.69. The van der Waals surface area contributed by atoms with Crippen LogP contribution in [-0.2, 0) is 6.42 Å². The molecule has 1 heterocycles. The molecule has 0 radical (unpaired) electrons. The van der Waals surface area contributed by atoms with Crippen LogP contribution >= 0.6 is 0 Å². The number of aryl methyl sites for hydroxylation is 1. The highest BCUT2D eigenvalue weighted by molar-refractivity contribution is 5.77. The van der Waals surface area contributed by atoms with Gasteiger partial charge in [0.25, 0.3) is 0 Å². The van der Waals surface area contributed by atoms with Gasteiger partial charge in [-0.3, -0.25) is 4.57 Å². The van der Waals surface area contributed by atoms with E-state index in [1.54, 1.807) is 0 Å². The van der Waals surface area contributed by atoms with E-state index in [4.69, 9.17) is 5.73 Å². The number of para-hydroxylation sites is 2. The fourth-order valence-electron chi connectivity index (χ4n) is 2.69. The van der Waals surface area contributed by atoms with Gasteiger partial charge in [-0.15, -0.1) is 0 Å². The molecule has 0 fully saturated rings. The van der Waals surface area contributed by atoms with Gasteiger partial charge in [-0.05, 0) is 43.5 Å². The summed E-state index contributed by atoms with van der Waals surface area (Å²) in [5, 5.41) is 0. The summed E-state index contributed by atoms with van der Waals surface area (Å²) >= 11 is 0. The van der Waals surface area contributed by atoms with Crippen molar-refractivity contribution in [3.8, 4) is 5.69 Å². The Kier molecular flexibility index (Phi) is 3.76. The zero-order chi connectivity index (χ0) is 14.8. The predicted molar refractivity (Wildman–Crippen MR) is 87.8 cm³/mol. The van der Waals surface area contributed by atoms with Gasteiger partial charge < -0.3 is 5.73 Å². The van der Waals surface area contributed by atoms with Crippen molar-refractivity contribution in [2.45, 2.75) is 32.7 Å². The highest BCUT2D eigenvalue weighted by Crippen LogP contribution is 2.23. The average Bonchev–Trinajstić information content (AvgIpc) is 2.91. The summed E-state index contributed by atoms with van der Waals surface area (Å²) in [6, 6.07) is 14.9. The van der Waals surface area contributed by atoms with Gasteiger partial charge in [-0.1, -0.05) is 36.8 Å². The molecule has 3 rings (SSSR count). The normalized spacial score (nSPS) is 12.7. The number of rotatable bonds is 4. The van der Waals surface area contributed by atoms with Crippen LogP contribution < -0.4 is 5.73 Å². The van der Waals surface area contributed by atoms with Gasteiger partial charge in [0.2, 0.25) is 0 Å². The van der Waals surface area contributed by atoms with Crippen LogP contribution in [0.3, 0.4) is 0 Å². The zero-order valence-corrected chi connectivity index (χ0v) is 12.6. The van der Waals surface area contributed by atoms with Crippen molar-refractivity contribution in [3.63, 3.8) is 0 Å². The maximum Gasteiger partial charge on any atom is 0.100 e. The second kappa shape index (κ2) is 5.70. The van der Waals surface area contributed by atoms with Crippen LogP contribution in [0.2, 0.25) is 0 Å². The van der Waals surface area contributed by atoms with Crippen LogP contribution in [0, 0.1) is 6.92 Å². The standard InChI is InChI=1S/C18H21N3/c1-3-15(19)11-14-10-13(2)8-9-17(14)21-12-20-16-6-4-5-7-18(16)21/h4-10,12,15H,3,11,19H2,1-2H3. The molecule has 1 atom stereocenters. The number of fused-ring (bicyclic) bond motifs is 1. The fraction of sp³-hybridized carbons (Fsp3) is 0.278. The van der Waals surface area contributed by atoms with Crippen LogP contribution in [0.25, 0.3) is 16.7 Å². The minimum absolute atomic E-state index is 0.195. The third-order valence-electron chi connectivity index (χ3n) is 3.95. The van der Waals surface area contributed by atoms with Crippen molar-refractivity contribution >= 4 is 11.0 Å². The Labute approximate surface area is 125 Å². The lowest BCUT2D eigenvalue weighted by Crippen LogP contribution is -2.22. The Balaban J connectivity index is 2.13. The van der Waals surface area contributed by atoms with Gasteiger partial charge >= 0.3 is 0 Å². The number of nitrogens with two attached hydrogens (primary N) is 1. The summed E-state index contributed by atoms with van der Waals surface area (Å²) in [6.07, 6.45) is 3.77. The molecule has 2 N–H and O–H groups in total. The first-order valence-corrected chi connectivity index (χ1v) is 7.46. The molecule has 3 aromatic rings. The van der Waals surface area contributed by atoms with Gasteiger partial charge in [0.05, 0.1) is 16.7 Å². The molecule has 0 aliphatic heterocycles. The van der Waals surface area contributed by atoms with E-state index in [1.165, 1.54) is 16.8 Å². The third kappa shape index (κ3) is 2.69. The van der Waals surface area contributed by atoms with Crippen molar-refractivity contribution in [2.24, 2.45) is 5.73 Å². The van der Waals surface area contributed by atoms with Crippen LogP contribution in [0.4, 0.5) is 0 Å². The Bertz CT molecular complexity index is 758. The molecule has 0 aliphatic rings. The lowest BCUT2D eigenvalue weighted by Gasteiger charge is -2.15. The summed E-state index contributed by atoms with van der Waals surface area (Å²) in [7, 11) is 0. The van der Waals surface area contributed by atoms with Crippen LogP contribution in [0.5, 0.6) is 0 Å². The second-order valence-corrected chi connectivity index (χ2v) is 5.61. The van der Waals surface area contributed by atoms with E-state index in [1.807, 2.05) is 24.5 Å².